The van der Waals surface area contributed by atoms with Crippen LogP contribution in [0.1, 0.15) is 16.8 Å². The standard InChI is InChI=1S/C24H31FN4O2S2/c1-17-22(14-18-6-9-21(10-7-18)33(30,31)28(4)5)23-15-20(32-27(2)3)8-11-24(23)29(17)16-19(25)12-13-26/h6-12,15H,13-14,16,26H2,1-5H3/b19-12-. The molecule has 0 saturated heterocycles. The Morgan fingerprint density at radius 1 is 1.12 bits per heavy atom. The minimum atomic E-state index is -3.48. The van der Waals surface area contributed by atoms with Gasteiger partial charge in [0.25, 0.3) is 0 Å². The van der Waals surface area contributed by atoms with Gasteiger partial charge in [-0.15, -0.1) is 0 Å². The van der Waals surface area contributed by atoms with E-state index in [-0.39, 0.29) is 23.8 Å². The Hall–Kier alpha value is -2.17. The molecule has 178 valence electrons. The molecule has 3 rings (SSSR count). The zero-order valence-corrected chi connectivity index (χ0v) is 21.3. The van der Waals surface area contributed by atoms with E-state index in [2.05, 4.69) is 6.07 Å². The van der Waals surface area contributed by atoms with Gasteiger partial charge in [-0.05, 0) is 86.9 Å². The number of benzene rings is 2. The van der Waals surface area contributed by atoms with Crippen LogP contribution in [-0.2, 0) is 23.0 Å². The number of halogens is 1. The summed E-state index contributed by atoms with van der Waals surface area (Å²) in [6.45, 7) is 2.27. The zero-order valence-electron chi connectivity index (χ0n) is 19.7. The van der Waals surface area contributed by atoms with Gasteiger partial charge in [0.2, 0.25) is 10.0 Å². The Bertz CT molecular complexity index is 1260. The monoisotopic (exact) mass is 490 g/mol. The normalized spacial score (nSPS) is 12.9. The lowest BCUT2D eigenvalue weighted by molar-refractivity contribution is 0.520. The summed E-state index contributed by atoms with van der Waals surface area (Å²) >= 11 is 1.62. The van der Waals surface area contributed by atoms with Gasteiger partial charge in [-0.1, -0.05) is 12.1 Å². The lowest BCUT2D eigenvalue weighted by Gasteiger charge is -2.12. The van der Waals surface area contributed by atoms with Crippen LogP contribution in [0.3, 0.4) is 0 Å². The molecule has 3 aromatic rings. The van der Waals surface area contributed by atoms with Crippen LogP contribution in [0.4, 0.5) is 4.39 Å². The summed E-state index contributed by atoms with van der Waals surface area (Å²) in [5.74, 6) is -0.269. The lowest BCUT2D eigenvalue weighted by Crippen LogP contribution is -2.22. The van der Waals surface area contributed by atoms with Crippen molar-refractivity contribution in [2.45, 2.75) is 29.7 Å². The van der Waals surface area contributed by atoms with Crippen LogP contribution in [0.2, 0.25) is 0 Å². The van der Waals surface area contributed by atoms with Gasteiger partial charge in [-0.3, -0.25) is 4.31 Å². The highest BCUT2D eigenvalue weighted by Gasteiger charge is 2.19. The van der Waals surface area contributed by atoms with Crippen molar-refractivity contribution in [1.82, 2.24) is 13.2 Å². The van der Waals surface area contributed by atoms with E-state index in [0.717, 1.165) is 32.6 Å². The van der Waals surface area contributed by atoms with E-state index < -0.39 is 10.0 Å². The second kappa shape index (κ2) is 10.4. The highest BCUT2D eigenvalue weighted by Crippen LogP contribution is 2.33. The average Bonchev–Trinajstić information content (AvgIpc) is 2.99. The molecule has 0 bridgehead atoms. The van der Waals surface area contributed by atoms with Crippen LogP contribution in [0.25, 0.3) is 10.9 Å². The van der Waals surface area contributed by atoms with Crippen molar-refractivity contribution in [3.8, 4) is 0 Å². The molecule has 0 aliphatic heterocycles. The van der Waals surface area contributed by atoms with E-state index in [1.807, 2.05) is 54.2 Å². The van der Waals surface area contributed by atoms with E-state index >= 15 is 0 Å². The van der Waals surface area contributed by atoms with Crippen molar-refractivity contribution in [2.75, 3.05) is 34.7 Å². The number of fused-ring (bicyclic) bond motifs is 1. The molecule has 0 unspecified atom stereocenters. The summed E-state index contributed by atoms with van der Waals surface area (Å²) in [5.41, 5.74) is 9.50. The van der Waals surface area contributed by atoms with Crippen molar-refractivity contribution >= 4 is 32.9 Å². The number of rotatable bonds is 9. The number of hydrogen-bond acceptors (Lipinski definition) is 5. The first-order valence-corrected chi connectivity index (χ1v) is 12.8. The molecule has 1 aromatic heterocycles. The summed E-state index contributed by atoms with van der Waals surface area (Å²) < 4.78 is 44.4. The predicted octanol–water partition coefficient (Wildman–Crippen LogP) is 4.17. The van der Waals surface area contributed by atoms with Gasteiger partial charge in [-0.25, -0.2) is 17.1 Å². The molecule has 0 radical (unpaired) electrons. The summed E-state index contributed by atoms with van der Waals surface area (Å²) in [6, 6.07) is 13.2. The molecular weight excluding hydrogens is 459 g/mol. The van der Waals surface area contributed by atoms with Crippen molar-refractivity contribution < 1.29 is 12.8 Å². The molecule has 33 heavy (non-hydrogen) atoms. The Labute approximate surface area is 200 Å². The van der Waals surface area contributed by atoms with Gasteiger partial charge in [0.1, 0.15) is 5.83 Å². The van der Waals surface area contributed by atoms with Gasteiger partial charge >= 0.3 is 0 Å². The molecule has 0 aliphatic rings. The van der Waals surface area contributed by atoms with Crippen LogP contribution >= 0.6 is 11.9 Å². The highest BCUT2D eigenvalue weighted by molar-refractivity contribution is 7.97. The number of aromatic nitrogens is 1. The molecule has 0 fully saturated rings. The summed E-state index contributed by atoms with van der Waals surface area (Å²) in [4.78, 5) is 1.35. The molecule has 0 amide bonds. The number of allylic oxidation sites excluding steroid dienone is 1. The van der Waals surface area contributed by atoms with Gasteiger partial charge < -0.3 is 10.3 Å². The molecule has 0 saturated carbocycles. The molecule has 0 atom stereocenters. The fraction of sp³-hybridized carbons (Fsp3) is 0.333. The summed E-state index contributed by atoms with van der Waals surface area (Å²) in [5, 5.41) is 1.06. The van der Waals surface area contributed by atoms with Crippen LogP contribution in [0.15, 0.2) is 64.2 Å². The largest absolute Gasteiger partial charge is 0.338 e. The first kappa shape index (κ1) is 25.5. The molecule has 2 aromatic carbocycles. The Morgan fingerprint density at radius 3 is 2.36 bits per heavy atom. The van der Waals surface area contributed by atoms with Gasteiger partial charge in [-0.2, -0.15) is 0 Å². The number of nitrogens with two attached hydrogens (primary N) is 1. The fourth-order valence-corrected chi connectivity index (χ4v) is 5.39. The maximum absolute atomic E-state index is 14.4. The van der Waals surface area contributed by atoms with E-state index in [9.17, 15) is 12.8 Å². The smallest absolute Gasteiger partial charge is 0.242 e. The second-order valence-corrected chi connectivity index (χ2v) is 11.8. The number of sulfonamides is 1. The van der Waals surface area contributed by atoms with Gasteiger partial charge in [0.05, 0.1) is 11.4 Å². The van der Waals surface area contributed by atoms with E-state index in [1.54, 1.807) is 24.1 Å². The zero-order chi connectivity index (χ0) is 24.3. The van der Waals surface area contributed by atoms with Crippen molar-refractivity contribution in [3.05, 3.63) is 71.2 Å². The summed E-state index contributed by atoms with van der Waals surface area (Å²) in [6.07, 6.45) is 2.00. The van der Waals surface area contributed by atoms with Crippen molar-refractivity contribution in [2.24, 2.45) is 5.73 Å². The minimum absolute atomic E-state index is 0.125. The minimum Gasteiger partial charge on any atom is -0.338 e. The quantitative estimate of drug-likeness (QED) is 0.456. The summed E-state index contributed by atoms with van der Waals surface area (Å²) in [7, 11) is 3.53. The molecular formula is C24H31FN4O2S2. The van der Waals surface area contributed by atoms with Crippen LogP contribution < -0.4 is 5.73 Å². The first-order valence-electron chi connectivity index (χ1n) is 10.6. The SMILES string of the molecule is Cc1c(Cc2ccc(S(=O)(=O)N(C)C)cc2)c2cc(SN(C)C)ccc2n1C/C(F)=C/CN. The maximum Gasteiger partial charge on any atom is 0.242 e. The number of nitrogens with zero attached hydrogens (tertiary/aromatic N) is 3. The fourth-order valence-electron chi connectivity index (χ4n) is 3.76. The third-order valence-corrected chi connectivity index (χ3v) is 8.10. The maximum atomic E-state index is 14.4. The highest BCUT2D eigenvalue weighted by atomic mass is 32.2. The van der Waals surface area contributed by atoms with Crippen LogP contribution in [0.5, 0.6) is 0 Å². The topological polar surface area (TPSA) is 71.6 Å². The first-order chi connectivity index (χ1) is 15.5. The molecule has 0 aliphatic carbocycles. The third-order valence-electron chi connectivity index (χ3n) is 5.44. The van der Waals surface area contributed by atoms with Gasteiger partial charge in [0.15, 0.2) is 0 Å². The average molecular weight is 491 g/mol. The van der Waals surface area contributed by atoms with E-state index in [1.165, 1.54) is 24.5 Å². The molecule has 1 heterocycles. The van der Waals surface area contributed by atoms with Crippen LogP contribution in [-0.4, -0.2) is 56.3 Å². The second-order valence-electron chi connectivity index (χ2n) is 8.23. The Morgan fingerprint density at radius 2 is 1.79 bits per heavy atom. The molecule has 9 heteroatoms. The number of hydrogen-bond donors (Lipinski definition) is 1. The predicted molar refractivity (Wildman–Crippen MR) is 135 cm³/mol. The van der Waals surface area contributed by atoms with Gasteiger partial charge in [0, 0.05) is 42.1 Å². The molecule has 2 N–H and O–H groups in total. The third kappa shape index (κ3) is 5.67. The lowest BCUT2D eigenvalue weighted by atomic mass is 10.0. The van der Waals surface area contributed by atoms with Crippen molar-refractivity contribution in [3.63, 3.8) is 0 Å². The van der Waals surface area contributed by atoms with E-state index in [4.69, 9.17) is 5.73 Å². The molecule has 6 nitrogen and oxygen atoms in total. The Kier molecular flexibility index (Phi) is 8.02. The van der Waals surface area contributed by atoms with Crippen molar-refractivity contribution in [1.29, 1.82) is 0 Å². The van der Waals surface area contributed by atoms with Crippen LogP contribution in [0, 0.1) is 6.92 Å². The molecule has 0 spiro atoms. The Balaban J connectivity index is 2.06. The van der Waals surface area contributed by atoms with E-state index in [0.29, 0.717) is 6.42 Å².